The van der Waals surface area contributed by atoms with Crippen LogP contribution in [-0.4, -0.2) is 48.3 Å². The molecule has 1 aliphatic carbocycles. The summed E-state index contributed by atoms with van der Waals surface area (Å²) in [6, 6.07) is 0. The van der Waals surface area contributed by atoms with Gasteiger partial charge < -0.3 is 14.6 Å². The molecule has 0 radical (unpaired) electrons. The van der Waals surface area contributed by atoms with Gasteiger partial charge in [-0.2, -0.15) is 4.98 Å². The summed E-state index contributed by atoms with van der Waals surface area (Å²) in [5.41, 5.74) is -0.276. The van der Waals surface area contributed by atoms with E-state index in [0.717, 1.165) is 51.4 Å². The zero-order valence-electron chi connectivity index (χ0n) is 11.5. The van der Waals surface area contributed by atoms with Crippen LogP contribution >= 0.6 is 0 Å². The van der Waals surface area contributed by atoms with Crippen LogP contribution in [0.1, 0.15) is 37.4 Å². The first kappa shape index (κ1) is 13.0. The van der Waals surface area contributed by atoms with E-state index in [9.17, 15) is 0 Å². The van der Waals surface area contributed by atoms with Gasteiger partial charge in [-0.1, -0.05) is 5.16 Å². The molecular weight excluding hydrogens is 244 g/mol. The number of hydrogen-bond donors (Lipinski definition) is 1. The van der Waals surface area contributed by atoms with Crippen LogP contribution in [0.15, 0.2) is 4.52 Å². The van der Waals surface area contributed by atoms with Gasteiger partial charge >= 0.3 is 0 Å². The van der Waals surface area contributed by atoms with Crippen LogP contribution in [0.2, 0.25) is 0 Å². The summed E-state index contributed by atoms with van der Waals surface area (Å²) in [7, 11) is 1.73. The normalized spacial score (nSPS) is 23.8. The highest BCUT2D eigenvalue weighted by atomic mass is 16.5. The first-order chi connectivity index (χ1) is 9.32. The molecule has 1 saturated heterocycles. The second-order valence-electron chi connectivity index (χ2n) is 5.44. The van der Waals surface area contributed by atoms with Crippen molar-refractivity contribution in [3.63, 3.8) is 0 Å². The molecule has 0 spiro atoms. The van der Waals surface area contributed by atoms with Crippen LogP contribution in [0.3, 0.4) is 0 Å². The lowest BCUT2D eigenvalue weighted by Gasteiger charge is -2.37. The van der Waals surface area contributed by atoms with E-state index in [2.05, 4.69) is 20.4 Å². The summed E-state index contributed by atoms with van der Waals surface area (Å²) in [5.74, 6) is 1.43. The molecule has 0 aromatic carbocycles. The Hall–Kier alpha value is -0.980. The molecule has 1 N–H and O–H groups in total. The molecule has 1 aliphatic heterocycles. The molecule has 1 aromatic rings. The average Bonchev–Trinajstić information content (AvgIpc) is 2.66. The smallest absolute Gasteiger partial charge is 0.240 e. The fraction of sp³-hybridized carbons (Fsp3) is 0.846. The summed E-state index contributed by atoms with van der Waals surface area (Å²) in [6.07, 6.45) is 4.34. The van der Waals surface area contributed by atoms with Gasteiger partial charge in [0.25, 0.3) is 0 Å². The predicted octanol–water partition coefficient (Wildman–Crippen LogP) is 0.890. The van der Waals surface area contributed by atoms with E-state index in [1.54, 1.807) is 7.11 Å². The number of aromatic nitrogens is 2. The number of hydrogen-bond acceptors (Lipinski definition) is 6. The van der Waals surface area contributed by atoms with Crippen molar-refractivity contribution in [2.24, 2.45) is 0 Å². The molecule has 3 rings (SSSR count). The van der Waals surface area contributed by atoms with Gasteiger partial charge in [0, 0.05) is 20.2 Å². The Kier molecular flexibility index (Phi) is 3.81. The molecule has 0 atom stereocenters. The average molecular weight is 266 g/mol. The summed E-state index contributed by atoms with van der Waals surface area (Å²) in [4.78, 5) is 6.89. The summed E-state index contributed by atoms with van der Waals surface area (Å²) >= 11 is 0. The SMILES string of the molecule is COC1(c2noc(CN3CCCNCC3)n2)CCC1. The van der Waals surface area contributed by atoms with Gasteiger partial charge in [-0.05, 0) is 38.8 Å². The fourth-order valence-corrected chi connectivity index (χ4v) is 2.77. The first-order valence-corrected chi connectivity index (χ1v) is 7.14. The van der Waals surface area contributed by atoms with Crippen molar-refractivity contribution in [1.29, 1.82) is 0 Å². The van der Waals surface area contributed by atoms with Crippen molar-refractivity contribution in [2.45, 2.75) is 37.8 Å². The molecule has 19 heavy (non-hydrogen) atoms. The highest BCUT2D eigenvalue weighted by molar-refractivity contribution is 5.06. The minimum atomic E-state index is -0.276. The zero-order chi connectivity index (χ0) is 13.1. The van der Waals surface area contributed by atoms with Crippen molar-refractivity contribution in [1.82, 2.24) is 20.4 Å². The molecule has 0 amide bonds. The van der Waals surface area contributed by atoms with Gasteiger partial charge in [0.15, 0.2) is 0 Å². The van der Waals surface area contributed by atoms with Crippen LogP contribution in [0.5, 0.6) is 0 Å². The predicted molar refractivity (Wildman–Crippen MR) is 69.6 cm³/mol. The largest absolute Gasteiger partial charge is 0.370 e. The Morgan fingerprint density at radius 1 is 1.32 bits per heavy atom. The van der Waals surface area contributed by atoms with E-state index in [1.807, 2.05) is 0 Å². The highest BCUT2D eigenvalue weighted by Gasteiger charge is 2.43. The van der Waals surface area contributed by atoms with Crippen LogP contribution in [0.4, 0.5) is 0 Å². The third-order valence-electron chi connectivity index (χ3n) is 4.22. The third kappa shape index (κ3) is 2.66. The second kappa shape index (κ2) is 5.56. The minimum Gasteiger partial charge on any atom is -0.370 e. The molecule has 6 nitrogen and oxygen atoms in total. The van der Waals surface area contributed by atoms with E-state index in [0.29, 0.717) is 5.89 Å². The quantitative estimate of drug-likeness (QED) is 0.873. The van der Waals surface area contributed by atoms with Crippen molar-refractivity contribution in [2.75, 3.05) is 33.3 Å². The molecule has 0 unspecified atom stereocenters. The number of ether oxygens (including phenoxy) is 1. The van der Waals surface area contributed by atoms with Gasteiger partial charge in [0.2, 0.25) is 11.7 Å². The Labute approximate surface area is 113 Å². The minimum absolute atomic E-state index is 0.276. The Balaban J connectivity index is 1.64. The number of rotatable bonds is 4. The van der Waals surface area contributed by atoms with E-state index < -0.39 is 0 Å². The van der Waals surface area contributed by atoms with Crippen molar-refractivity contribution in [3.05, 3.63) is 11.7 Å². The molecule has 0 bridgehead atoms. The molecule has 2 aliphatic rings. The van der Waals surface area contributed by atoms with Gasteiger partial charge in [-0.25, -0.2) is 0 Å². The zero-order valence-corrected chi connectivity index (χ0v) is 11.5. The molecule has 1 aromatic heterocycles. The van der Waals surface area contributed by atoms with Gasteiger partial charge in [-0.3, -0.25) is 4.90 Å². The lowest BCUT2D eigenvalue weighted by molar-refractivity contribution is -0.0858. The van der Waals surface area contributed by atoms with E-state index in [4.69, 9.17) is 9.26 Å². The maximum absolute atomic E-state index is 5.57. The Morgan fingerprint density at radius 2 is 2.21 bits per heavy atom. The van der Waals surface area contributed by atoms with E-state index in [-0.39, 0.29) is 5.60 Å². The van der Waals surface area contributed by atoms with Gasteiger partial charge in [-0.15, -0.1) is 0 Å². The fourth-order valence-electron chi connectivity index (χ4n) is 2.77. The van der Waals surface area contributed by atoms with Gasteiger partial charge in [0.05, 0.1) is 6.54 Å². The number of nitrogens with zero attached hydrogens (tertiary/aromatic N) is 3. The topological polar surface area (TPSA) is 63.4 Å². The third-order valence-corrected chi connectivity index (χ3v) is 4.22. The first-order valence-electron chi connectivity index (χ1n) is 7.14. The standard InChI is InChI=1S/C13H22N4O2/c1-18-13(4-2-5-13)12-15-11(19-16-12)10-17-8-3-6-14-7-9-17/h14H,2-10H2,1H3. The van der Waals surface area contributed by atoms with Gasteiger partial charge in [0.1, 0.15) is 5.60 Å². The van der Waals surface area contributed by atoms with Crippen LogP contribution in [0.25, 0.3) is 0 Å². The molecule has 6 heteroatoms. The second-order valence-corrected chi connectivity index (χ2v) is 5.44. The van der Waals surface area contributed by atoms with Crippen LogP contribution < -0.4 is 5.32 Å². The molecule has 2 heterocycles. The molecule has 1 saturated carbocycles. The maximum Gasteiger partial charge on any atom is 0.240 e. The lowest BCUT2D eigenvalue weighted by Crippen LogP contribution is -2.37. The van der Waals surface area contributed by atoms with Crippen LogP contribution in [0, 0.1) is 0 Å². The van der Waals surface area contributed by atoms with Crippen molar-refractivity contribution >= 4 is 0 Å². The van der Waals surface area contributed by atoms with E-state index in [1.165, 1.54) is 12.8 Å². The summed E-state index contributed by atoms with van der Waals surface area (Å²) in [5, 5.41) is 7.51. The van der Waals surface area contributed by atoms with Crippen molar-refractivity contribution in [3.8, 4) is 0 Å². The maximum atomic E-state index is 5.57. The summed E-state index contributed by atoms with van der Waals surface area (Å²) < 4.78 is 11.0. The highest BCUT2D eigenvalue weighted by Crippen LogP contribution is 2.42. The Morgan fingerprint density at radius 3 is 2.95 bits per heavy atom. The number of nitrogens with one attached hydrogen (secondary N) is 1. The molecule has 106 valence electrons. The molecule has 2 fully saturated rings. The van der Waals surface area contributed by atoms with Crippen molar-refractivity contribution < 1.29 is 9.26 Å². The van der Waals surface area contributed by atoms with E-state index >= 15 is 0 Å². The monoisotopic (exact) mass is 266 g/mol. The molecular formula is C13H22N4O2. The summed E-state index contributed by atoms with van der Waals surface area (Å²) in [6.45, 7) is 4.99. The Bertz CT molecular complexity index is 403. The van der Waals surface area contributed by atoms with Crippen LogP contribution in [-0.2, 0) is 16.9 Å². The lowest BCUT2D eigenvalue weighted by atomic mass is 9.79. The number of methoxy groups -OCH3 is 1.